The van der Waals surface area contributed by atoms with E-state index in [9.17, 15) is 14.4 Å². The number of esters is 1. The van der Waals surface area contributed by atoms with Crippen LogP contribution in [-0.2, 0) is 24.5 Å². The van der Waals surface area contributed by atoms with Gasteiger partial charge >= 0.3 is 5.97 Å². The highest BCUT2D eigenvalue weighted by Gasteiger charge is 2.73. The number of pyridine rings is 1. The van der Waals surface area contributed by atoms with Gasteiger partial charge in [-0.2, -0.15) is 0 Å². The molecule has 254 valence electrons. The lowest BCUT2D eigenvalue weighted by atomic mass is 9.53. The zero-order chi connectivity index (χ0) is 33.9. The largest absolute Gasteiger partial charge is 0.459 e. The third kappa shape index (κ3) is 6.15. The van der Waals surface area contributed by atoms with Crippen molar-refractivity contribution in [2.75, 3.05) is 25.0 Å². The number of benzene rings is 1. The van der Waals surface area contributed by atoms with E-state index in [0.717, 1.165) is 12.8 Å². The number of hydrogen-bond acceptors (Lipinski definition) is 7. The Kier molecular flexibility index (Phi) is 8.90. The predicted octanol–water partition coefficient (Wildman–Crippen LogP) is 5.73. The summed E-state index contributed by atoms with van der Waals surface area (Å²) in [4.78, 5) is 47.5. The molecule has 2 spiro atoms. The number of rotatable bonds is 5. The summed E-state index contributed by atoms with van der Waals surface area (Å²) >= 11 is 12.7. The van der Waals surface area contributed by atoms with Crippen molar-refractivity contribution in [3.8, 4) is 0 Å². The minimum absolute atomic E-state index is 0.0420. The van der Waals surface area contributed by atoms with Crippen molar-refractivity contribution in [3.05, 3.63) is 57.6 Å². The van der Waals surface area contributed by atoms with Gasteiger partial charge in [0.25, 0.3) is 0 Å². The van der Waals surface area contributed by atoms with E-state index in [-0.39, 0.29) is 46.5 Å². The first-order chi connectivity index (χ1) is 22.0. The molecule has 0 unspecified atom stereocenters. The summed E-state index contributed by atoms with van der Waals surface area (Å²) in [5.41, 5.74) is -1.26. The number of aromatic nitrogens is 1. The second kappa shape index (κ2) is 12.3. The molecule has 2 amide bonds. The molecule has 12 heteroatoms. The summed E-state index contributed by atoms with van der Waals surface area (Å²) in [6, 6.07) is 5.73. The van der Waals surface area contributed by atoms with E-state index < -0.39 is 34.3 Å². The second-order valence-electron chi connectivity index (χ2n) is 15.4. The molecule has 2 saturated heterocycles. The van der Waals surface area contributed by atoms with Crippen molar-refractivity contribution >= 4 is 46.7 Å². The number of fused-ring (bicyclic) bond motifs is 3. The molecule has 1 aliphatic carbocycles. The average molecular weight is 689 g/mol. The fourth-order valence-electron chi connectivity index (χ4n) is 8.41. The van der Waals surface area contributed by atoms with E-state index in [1.165, 1.54) is 12.3 Å². The van der Waals surface area contributed by atoms with Gasteiger partial charge in [0.2, 0.25) is 11.8 Å². The highest BCUT2D eigenvalue weighted by Crippen LogP contribution is 2.64. The summed E-state index contributed by atoms with van der Waals surface area (Å²) in [5, 5.41) is 10.1. The first-order valence-corrected chi connectivity index (χ1v) is 17.2. The quantitative estimate of drug-likeness (QED) is 0.272. The normalized spacial score (nSPS) is 27.1. The predicted molar refractivity (Wildman–Crippen MR) is 179 cm³/mol. The molecule has 0 radical (unpaired) electrons. The molecular weight excluding hydrogens is 644 g/mol. The van der Waals surface area contributed by atoms with Crippen LogP contribution in [0.1, 0.15) is 90.2 Å². The molecule has 3 atom stereocenters. The molecule has 1 aromatic carbocycles. The van der Waals surface area contributed by atoms with Crippen LogP contribution in [0.25, 0.3) is 0 Å². The molecule has 0 bridgehead atoms. The smallest absolute Gasteiger partial charge is 0.320 e. The standard InChI is InChI=1S/C35H44Cl2FN5O4/c1-32(2,3)47-25(44)19-43-16-9-21(10-17-43)40-30(45)28-26(22-8-15-39-29(37)27(22)38)35(34(42-28)13-11-33(4,5)12-14-34)23-7-6-20(36)18-24(23)41-31(35)46/h6-8,15,18,21,26,28,42H,9-14,16-17,19H2,1-5H3,(H,40,45)(H,41,46)/t26-,28+,35+/m0/s1. The van der Waals surface area contributed by atoms with Crippen molar-refractivity contribution in [2.45, 2.75) is 108 Å². The van der Waals surface area contributed by atoms with Crippen LogP contribution in [0.15, 0.2) is 30.5 Å². The summed E-state index contributed by atoms with van der Waals surface area (Å²) in [7, 11) is 0. The highest BCUT2D eigenvalue weighted by molar-refractivity contribution is 6.31. The van der Waals surface area contributed by atoms with Gasteiger partial charge in [0.1, 0.15) is 11.0 Å². The van der Waals surface area contributed by atoms with Gasteiger partial charge in [0.15, 0.2) is 11.0 Å². The number of nitrogens with zero attached hydrogens (tertiary/aromatic N) is 2. The Labute approximate surface area is 285 Å². The van der Waals surface area contributed by atoms with Gasteiger partial charge in [-0.3, -0.25) is 24.6 Å². The maximum absolute atomic E-state index is 16.1. The molecule has 6 rings (SSSR count). The Morgan fingerprint density at radius 3 is 2.45 bits per heavy atom. The minimum Gasteiger partial charge on any atom is -0.459 e. The Morgan fingerprint density at radius 2 is 1.79 bits per heavy atom. The molecule has 4 heterocycles. The van der Waals surface area contributed by atoms with Crippen molar-refractivity contribution in [1.29, 1.82) is 0 Å². The molecule has 1 saturated carbocycles. The third-order valence-electron chi connectivity index (χ3n) is 10.7. The van der Waals surface area contributed by atoms with Crippen LogP contribution in [0.4, 0.5) is 10.1 Å². The Morgan fingerprint density at radius 1 is 1.11 bits per heavy atom. The van der Waals surface area contributed by atoms with Gasteiger partial charge in [-0.1, -0.05) is 43.1 Å². The van der Waals surface area contributed by atoms with E-state index in [1.807, 2.05) is 31.7 Å². The van der Waals surface area contributed by atoms with Crippen molar-refractivity contribution < 1.29 is 23.5 Å². The average Bonchev–Trinajstić information content (AvgIpc) is 3.44. The Bertz CT molecular complexity index is 1580. The molecule has 3 fully saturated rings. The number of halogens is 3. The first-order valence-electron chi connectivity index (χ1n) is 16.5. The summed E-state index contributed by atoms with van der Waals surface area (Å²) in [6.45, 7) is 11.4. The maximum Gasteiger partial charge on any atom is 0.320 e. The van der Waals surface area contributed by atoms with Gasteiger partial charge in [-0.25, -0.2) is 9.37 Å². The van der Waals surface area contributed by atoms with E-state index in [2.05, 4.69) is 34.8 Å². The van der Waals surface area contributed by atoms with Gasteiger partial charge < -0.3 is 15.4 Å². The molecule has 3 aliphatic heterocycles. The van der Waals surface area contributed by atoms with Crippen LogP contribution >= 0.6 is 23.2 Å². The number of carbonyl (C=O) groups excluding carboxylic acids is 3. The third-order valence-corrected chi connectivity index (χ3v) is 11.2. The Hall–Kier alpha value is -2.79. The lowest BCUT2D eigenvalue weighted by molar-refractivity contribution is -0.156. The fourth-order valence-corrected chi connectivity index (χ4v) is 8.75. The molecule has 3 N–H and O–H groups in total. The van der Waals surface area contributed by atoms with E-state index in [1.54, 1.807) is 12.1 Å². The van der Waals surface area contributed by atoms with Gasteiger partial charge in [0, 0.05) is 47.5 Å². The number of hydrogen-bond donors (Lipinski definition) is 3. The van der Waals surface area contributed by atoms with Crippen LogP contribution in [0.2, 0.25) is 10.2 Å². The minimum atomic E-state index is -1.33. The van der Waals surface area contributed by atoms with Crippen LogP contribution in [0.3, 0.4) is 0 Å². The number of anilines is 1. The molecule has 47 heavy (non-hydrogen) atoms. The molecule has 4 aliphatic rings. The fraction of sp³-hybridized carbons (Fsp3) is 0.600. The SMILES string of the molecule is CC1(C)CCC2(CC1)N[C@@H](C(=O)NC1CCN(CC(=O)OC(C)(C)C)CC1)[C@H](c1ccnc(Cl)c1F)[C@]21C(=O)Nc2cc(Cl)ccc21. The van der Waals surface area contributed by atoms with Crippen LogP contribution in [0, 0.1) is 11.2 Å². The highest BCUT2D eigenvalue weighted by atomic mass is 35.5. The van der Waals surface area contributed by atoms with E-state index >= 15 is 4.39 Å². The van der Waals surface area contributed by atoms with Crippen molar-refractivity contribution in [3.63, 3.8) is 0 Å². The van der Waals surface area contributed by atoms with E-state index in [0.29, 0.717) is 55.0 Å². The monoisotopic (exact) mass is 687 g/mol. The Balaban J connectivity index is 1.35. The second-order valence-corrected chi connectivity index (χ2v) is 16.2. The van der Waals surface area contributed by atoms with Crippen LogP contribution in [0.5, 0.6) is 0 Å². The van der Waals surface area contributed by atoms with Crippen LogP contribution < -0.4 is 16.0 Å². The zero-order valence-corrected chi connectivity index (χ0v) is 29.2. The molecular formula is C35H44Cl2FN5O4. The molecule has 2 aromatic rings. The van der Waals surface area contributed by atoms with Gasteiger partial charge in [0.05, 0.1) is 12.6 Å². The number of amides is 2. The number of ether oxygens (including phenoxy) is 1. The number of nitrogens with one attached hydrogen (secondary N) is 3. The zero-order valence-electron chi connectivity index (χ0n) is 27.6. The first kappa shape index (κ1) is 34.1. The number of carbonyl (C=O) groups is 3. The topological polar surface area (TPSA) is 113 Å². The van der Waals surface area contributed by atoms with Crippen LogP contribution in [-0.4, -0.2) is 70.5 Å². The summed E-state index contributed by atoms with van der Waals surface area (Å²) < 4.78 is 21.6. The number of piperidine rings is 1. The lowest BCUT2D eigenvalue weighted by Gasteiger charge is -2.50. The summed E-state index contributed by atoms with van der Waals surface area (Å²) in [6.07, 6.45) is 5.54. The van der Waals surface area contributed by atoms with Crippen molar-refractivity contribution in [1.82, 2.24) is 20.5 Å². The van der Waals surface area contributed by atoms with Crippen molar-refractivity contribution in [2.24, 2.45) is 5.41 Å². The van der Waals surface area contributed by atoms with Gasteiger partial charge in [-0.15, -0.1) is 0 Å². The number of likely N-dealkylation sites (tertiary alicyclic amines) is 1. The lowest BCUT2D eigenvalue weighted by Crippen LogP contribution is -2.61. The summed E-state index contributed by atoms with van der Waals surface area (Å²) in [5.74, 6) is -2.54. The maximum atomic E-state index is 16.1. The molecule has 1 aromatic heterocycles. The van der Waals surface area contributed by atoms with E-state index in [4.69, 9.17) is 27.9 Å². The van der Waals surface area contributed by atoms with Gasteiger partial charge in [-0.05, 0) is 94.0 Å². The molecule has 9 nitrogen and oxygen atoms in total.